The van der Waals surface area contributed by atoms with Crippen molar-refractivity contribution >= 4 is 17.2 Å². The normalized spacial score (nSPS) is 14.2. The van der Waals surface area contributed by atoms with Gasteiger partial charge in [-0.05, 0) is 154 Å². The molecule has 55 heavy (non-hydrogen) atoms. The lowest BCUT2D eigenvalue weighted by Gasteiger charge is -2.35. The third-order valence-electron chi connectivity index (χ3n) is 11.9. The van der Waals surface area contributed by atoms with E-state index in [1.165, 1.54) is 113 Å². The van der Waals surface area contributed by atoms with E-state index in [1.807, 2.05) is 0 Å². The first kappa shape index (κ1) is 40.8. The molecule has 290 valence electrons. The average molecular weight is 731 g/mol. The van der Waals surface area contributed by atoms with Crippen LogP contribution < -0.4 is 10.4 Å². The smallest absolute Gasteiger partial charge is 0.00167 e. The molecular weight excluding hydrogens is 661 g/mol. The van der Waals surface area contributed by atoms with E-state index in [-0.39, 0.29) is 21.7 Å². The average Bonchev–Trinajstić information content (AvgIpc) is 3.77. The summed E-state index contributed by atoms with van der Waals surface area (Å²) in [4.78, 5) is 0. The highest BCUT2D eigenvalue weighted by molar-refractivity contribution is 5.87. The summed E-state index contributed by atoms with van der Waals surface area (Å²) in [6, 6.07) is 24.5. The molecule has 6 rings (SSSR count). The van der Waals surface area contributed by atoms with Crippen LogP contribution in [-0.2, 0) is 34.5 Å². The van der Waals surface area contributed by atoms with E-state index in [1.54, 1.807) is 0 Å². The molecule has 0 heterocycles. The van der Waals surface area contributed by atoms with Gasteiger partial charge in [0.25, 0.3) is 0 Å². The second kappa shape index (κ2) is 15.2. The molecule has 0 bridgehead atoms. The molecule has 2 aliphatic carbocycles. The largest absolute Gasteiger partial charge is 0.0801 e. The highest BCUT2D eigenvalue weighted by atomic mass is 14.4. The van der Waals surface area contributed by atoms with Gasteiger partial charge in [0, 0.05) is 0 Å². The van der Waals surface area contributed by atoms with Crippen LogP contribution in [0.1, 0.15) is 185 Å². The van der Waals surface area contributed by atoms with Gasteiger partial charge in [0.1, 0.15) is 0 Å². The van der Waals surface area contributed by atoms with Crippen LogP contribution in [0.15, 0.2) is 78.9 Å². The van der Waals surface area contributed by atoms with Crippen LogP contribution >= 0.6 is 0 Å². The zero-order chi connectivity index (χ0) is 40.1. The number of aryl methyl sites for hydroxylation is 2. The van der Waals surface area contributed by atoms with E-state index in [0.29, 0.717) is 0 Å². The van der Waals surface area contributed by atoms with Gasteiger partial charge in [-0.1, -0.05) is 183 Å². The van der Waals surface area contributed by atoms with Crippen LogP contribution in [-0.4, -0.2) is 0 Å². The second-order valence-electron chi connectivity index (χ2n) is 20.7. The van der Waals surface area contributed by atoms with Crippen LogP contribution in [0.5, 0.6) is 0 Å². The topological polar surface area (TPSA) is 0 Å². The van der Waals surface area contributed by atoms with Crippen LogP contribution in [0.2, 0.25) is 0 Å². The van der Waals surface area contributed by atoms with Crippen molar-refractivity contribution in [3.05, 3.63) is 155 Å². The van der Waals surface area contributed by atoms with E-state index < -0.39 is 0 Å². The zero-order valence-corrected chi connectivity index (χ0v) is 37.0. The summed E-state index contributed by atoms with van der Waals surface area (Å²) in [5, 5.41) is 5.58. The Hall–Kier alpha value is -3.90. The van der Waals surface area contributed by atoms with Gasteiger partial charge in [0.2, 0.25) is 0 Å². The number of unbranched alkanes of at least 4 members (excludes halogenated alkanes) is 2. The molecule has 0 fully saturated rings. The van der Waals surface area contributed by atoms with Crippen LogP contribution in [0.3, 0.4) is 0 Å². The molecule has 0 amide bonds. The van der Waals surface area contributed by atoms with Crippen molar-refractivity contribution in [3.8, 4) is 0 Å². The fourth-order valence-electron chi connectivity index (χ4n) is 9.15. The standard InChI is InChI=1S/C55H70/c1-15-17-21-36-25-29-39(30-26-36)46(40-31-27-37(28-32-40)22-18-16-2)49-48-42-35-45(53(6,7)8)44(52(3,4)5)34-41(42)33-43(48)47(38-23-19-20-24-38)50(54(9,10)11)51(49)55(12,13)14/h19-20,23,25-35H,15-18,21-22,24H2,1-14H3. The van der Waals surface area contributed by atoms with E-state index in [2.05, 4.69) is 182 Å². The molecule has 0 heteroatoms. The third kappa shape index (κ3) is 8.17. The van der Waals surface area contributed by atoms with Gasteiger partial charge in [-0.3, -0.25) is 0 Å². The quantitative estimate of drug-likeness (QED) is 0.142. The maximum absolute atomic E-state index is 2.61. The number of fused-ring (bicyclic) bond motifs is 2. The number of allylic oxidation sites excluding steroid dienone is 4. The summed E-state index contributed by atoms with van der Waals surface area (Å²) < 4.78 is 0. The number of benzene rings is 4. The fourth-order valence-corrected chi connectivity index (χ4v) is 9.15. The van der Waals surface area contributed by atoms with Gasteiger partial charge in [0.15, 0.2) is 0 Å². The van der Waals surface area contributed by atoms with Crippen molar-refractivity contribution in [2.45, 2.75) is 164 Å². The zero-order valence-electron chi connectivity index (χ0n) is 37.0. The van der Waals surface area contributed by atoms with Crippen molar-refractivity contribution in [1.29, 1.82) is 0 Å². The Morgan fingerprint density at radius 3 is 1.49 bits per heavy atom. The predicted octanol–water partition coefficient (Wildman–Crippen LogP) is 13.6. The lowest BCUT2D eigenvalue weighted by molar-refractivity contribution is 0.524. The molecule has 0 aliphatic heterocycles. The minimum Gasteiger partial charge on any atom is -0.0801 e. The van der Waals surface area contributed by atoms with E-state index in [9.17, 15) is 0 Å². The summed E-state index contributed by atoms with van der Waals surface area (Å²) in [6.45, 7) is 33.6. The SMILES string of the molecule is CCCCc1ccc(C(c2ccc(CCCC)cc2)=c2c(C(C)(C)C)c(C(C)(C)C)c(C3=CC=CC3)c3c2=c2cc(C(C)(C)C)c(C(C)(C)C)cc2=C3)cc1. The number of rotatable bonds is 9. The lowest BCUT2D eigenvalue weighted by Crippen LogP contribution is -2.34. The molecule has 0 nitrogen and oxygen atoms in total. The van der Waals surface area contributed by atoms with E-state index >= 15 is 0 Å². The van der Waals surface area contributed by atoms with Gasteiger partial charge < -0.3 is 0 Å². The molecule has 4 aromatic rings. The highest BCUT2D eigenvalue weighted by Crippen LogP contribution is 2.43. The molecule has 0 aromatic heterocycles. The number of hydrogen-bond donors (Lipinski definition) is 0. The van der Waals surface area contributed by atoms with Crippen molar-refractivity contribution in [2.75, 3.05) is 0 Å². The minimum absolute atomic E-state index is 0.00528. The first-order valence-corrected chi connectivity index (χ1v) is 21.5. The lowest BCUT2D eigenvalue weighted by atomic mass is 9.68. The highest BCUT2D eigenvalue weighted by Gasteiger charge is 2.35. The van der Waals surface area contributed by atoms with Gasteiger partial charge >= 0.3 is 0 Å². The molecular formula is C55H70. The Kier molecular flexibility index (Phi) is 11.3. The summed E-state index contributed by atoms with van der Waals surface area (Å²) >= 11 is 0. The number of hydrogen-bond acceptors (Lipinski definition) is 0. The Morgan fingerprint density at radius 2 is 1.07 bits per heavy atom. The first-order chi connectivity index (χ1) is 25.8. The summed E-state index contributed by atoms with van der Waals surface area (Å²) in [5.41, 5.74) is 16.8. The van der Waals surface area contributed by atoms with Crippen molar-refractivity contribution < 1.29 is 0 Å². The summed E-state index contributed by atoms with van der Waals surface area (Å²) in [6.07, 6.45) is 17.7. The molecule has 0 saturated heterocycles. The van der Waals surface area contributed by atoms with E-state index in [4.69, 9.17) is 0 Å². The summed E-state index contributed by atoms with van der Waals surface area (Å²) in [7, 11) is 0. The van der Waals surface area contributed by atoms with Crippen molar-refractivity contribution in [3.63, 3.8) is 0 Å². The van der Waals surface area contributed by atoms with Crippen LogP contribution in [0.4, 0.5) is 0 Å². The monoisotopic (exact) mass is 731 g/mol. The van der Waals surface area contributed by atoms with Crippen molar-refractivity contribution in [1.82, 2.24) is 0 Å². The third-order valence-corrected chi connectivity index (χ3v) is 11.9. The van der Waals surface area contributed by atoms with Crippen LogP contribution in [0, 0.1) is 10.4 Å². The van der Waals surface area contributed by atoms with Crippen molar-refractivity contribution in [2.24, 2.45) is 0 Å². The molecule has 0 unspecified atom stereocenters. The first-order valence-electron chi connectivity index (χ1n) is 21.5. The van der Waals surface area contributed by atoms with Gasteiger partial charge in [0.05, 0.1) is 0 Å². The minimum atomic E-state index is -0.136. The fraction of sp³-hybridized carbons (Fsp3) is 0.455. The Balaban J connectivity index is 1.97. The predicted molar refractivity (Wildman–Crippen MR) is 242 cm³/mol. The molecule has 0 saturated carbocycles. The Bertz CT molecular complexity index is 2290. The second-order valence-corrected chi connectivity index (χ2v) is 20.7. The Labute approximate surface area is 334 Å². The van der Waals surface area contributed by atoms with Gasteiger partial charge in [-0.2, -0.15) is 0 Å². The molecule has 2 aliphatic rings. The molecule has 0 atom stereocenters. The molecule has 0 radical (unpaired) electrons. The maximum atomic E-state index is 2.61. The molecule has 0 N–H and O–H groups in total. The van der Waals surface area contributed by atoms with E-state index in [0.717, 1.165) is 19.3 Å². The Morgan fingerprint density at radius 1 is 0.582 bits per heavy atom. The summed E-state index contributed by atoms with van der Waals surface area (Å²) in [5.74, 6) is 0. The van der Waals surface area contributed by atoms with Gasteiger partial charge in [-0.25, -0.2) is 0 Å². The van der Waals surface area contributed by atoms with Crippen LogP contribution in [0.25, 0.3) is 17.2 Å². The maximum Gasteiger partial charge on any atom is -0.00167 e. The van der Waals surface area contributed by atoms with Gasteiger partial charge in [-0.15, -0.1) is 0 Å². The molecule has 4 aromatic carbocycles. The molecule has 0 spiro atoms.